The molecule has 1 aliphatic heterocycles. The maximum absolute atomic E-state index is 4.67. The molecule has 0 bridgehead atoms. The number of hydrogen-bond donors (Lipinski definition) is 1. The summed E-state index contributed by atoms with van der Waals surface area (Å²) in [6, 6.07) is 6.92. The molecule has 0 spiro atoms. The summed E-state index contributed by atoms with van der Waals surface area (Å²) in [5.74, 6) is 1.78. The predicted octanol–water partition coefficient (Wildman–Crippen LogP) is 2.60. The topological polar surface area (TPSA) is 28.2 Å². The second kappa shape index (κ2) is 6.19. The van der Waals surface area contributed by atoms with Crippen LogP contribution in [0, 0.1) is 12.8 Å². The summed E-state index contributed by atoms with van der Waals surface area (Å²) in [6.07, 6.45) is 2.60. The Hall–Kier alpha value is -1.09. The first-order valence-corrected chi connectivity index (χ1v) is 7.07. The molecule has 1 atom stereocenters. The molecule has 0 saturated carbocycles. The summed E-state index contributed by atoms with van der Waals surface area (Å²) in [4.78, 5) is 7.10. The molecule has 1 aliphatic rings. The van der Waals surface area contributed by atoms with Crippen molar-refractivity contribution in [1.82, 2.24) is 10.3 Å². The van der Waals surface area contributed by atoms with Crippen LogP contribution >= 0.6 is 0 Å². The highest BCUT2D eigenvalue weighted by Crippen LogP contribution is 2.16. The quantitative estimate of drug-likeness (QED) is 0.867. The third kappa shape index (κ3) is 3.70. The Morgan fingerprint density at radius 3 is 2.89 bits per heavy atom. The van der Waals surface area contributed by atoms with E-state index in [0.717, 1.165) is 24.6 Å². The lowest BCUT2D eigenvalue weighted by molar-refractivity contribution is 0.537. The number of aryl methyl sites for hydroxylation is 1. The average molecular weight is 247 g/mol. The lowest BCUT2D eigenvalue weighted by Crippen LogP contribution is -2.39. The van der Waals surface area contributed by atoms with Crippen molar-refractivity contribution in [2.75, 3.05) is 24.5 Å². The van der Waals surface area contributed by atoms with Crippen LogP contribution in [0.3, 0.4) is 0 Å². The smallest absolute Gasteiger partial charge is 0.128 e. The molecule has 18 heavy (non-hydrogen) atoms. The first-order chi connectivity index (χ1) is 8.65. The Kier molecular flexibility index (Phi) is 4.59. The van der Waals surface area contributed by atoms with E-state index in [4.69, 9.17) is 0 Å². The van der Waals surface area contributed by atoms with E-state index in [-0.39, 0.29) is 0 Å². The van der Waals surface area contributed by atoms with Gasteiger partial charge in [-0.3, -0.25) is 0 Å². The molecular formula is C15H25N3. The molecule has 1 saturated heterocycles. The minimum atomic E-state index is 0.631. The van der Waals surface area contributed by atoms with E-state index < -0.39 is 0 Å². The maximum Gasteiger partial charge on any atom is 0.128 e. The second-order valence-corrected chi connectivity index (χ2v) is 5.73. The average Bonchev–Trinajstić information content (AvgIpc) is 2.80. The number of nitrogens with zero attached hydrogens (tertiary/aromatic N) is 2. The molecule has 1 aromatic heterocycles. The van der Waals surface area contributed by atoms with Gasteiger partial charge in [-0.2, -0.15) is 0 Å². The van der Waals surface area contributed by atoms with E-state index in [0.29, 0.717) is 12.0 Å². The Balaban J connectivity index is 2.08. The van der Waals surface area contributed by atoms with Gasteiger partial charge < -0.3 is 10.2 Å². The van der Waals surface area contributed by atoms with Crippen LogP contribution in [0.5, 0.6) is 0 Å². The molecule has 1 N–H and O–H groups in total. The lowest BCUT2D eigenvalue weighted by atomic mass is 10.1. The molecule has 1 unspecified atom stereocenters. The summed E-state index contributed by atoms with van der Waals surface area (Å²) in [6.45, 7) is 9.92. The van der Waals surface area contributed by atoms with Crippen molar-refractivity contribution in [3.63, 3.8) is 0 Å². The minimum absolute atomic E-state index is 0.631. The second-order valence-electron chi connectivity index (χ2n) is 5.73. The third-order valence-electron chi connectivity index (χ3n) is 3.39. The highest BCUT2D eigenvalue weighted by atomic mass is 15.2. The summed E-state index contributed by atoms with van der Waals surface area (Å²) < 4.78 is 0. The summed E-state index contributed by atoms with van der Waals surface area (Å²) in [7, 11) is 0. The lowest BCUT2D eigenvalue weighted by Gasteiger charge is -2.28. The van der Waals surface area contributed by atoms with Gasteiger partial charge in [-0.05, 0) is 44.4 Å². The molecule has 2 rings (SSSR count). The molecule has 3 heteroatoms. The number of anilines is 1. The molecular weight excluding hydrogens is 222 g/mol. The minimum Gasteiger partial charge on any atom is -0.355 e. The van der Waals surface area contributed by atoms with E-state index in [1.165, 1.54) is 19.4 Å². The summed E-state index contributed by atoms with van der Waals surface area (Å²) in [5.41, 5.74) is 1.10. The zero-order chi connectivity index (χ0) is 13.0. The Morgan fingerprint density at radius 1 is 1.44 bits per heavy atom. The normalized spacial score (nSPS) is 19.4. The highest BCUT2D eigenvalue weighted by Gasteiger charge is 2.19. The number of hydrogen-bond acceptors (Lipinski definition) is 3. The van der Waals surface area contributed by atoms with Gasteiger partial charge in [0, 0.05) is 24.8 Å². The Bertz CT molecular complexity index is 370. The molecule has 1 fully saturated rings. The van der Waals surface area contributed by atoms with Crippen LogP contribution in [0.4, 0.5) is 5.82 Å². The van der Waals surface area contributed by atoms with Crippen molar-refractivity contribution >= 4 is 5.82 Å². The van der Waals surface area contributed by atoms with E-state index in [1.807, 2.05) is 0 Å². The third-order valence-corrected chi connectivity index (χ3v) is 3.39. The van der Waals surface area contributed by atoms with Crippen molar-refractivity contribution in [3.8, 4) is 0 Å². The van der Waals surface area contributed by atoms with Gasteiger partial charge in [0.2, 0.25) is 0 Å². The van der Waals surface area contributed by atoms with E-state index in [9.17, 15) is 0 Å². The molecule has 100 valence electrons. The summed E-state index contributed by atoms with van der Waals surface area (Å²) in [5, 5.41) is 3.58. The molecule has 1 aromatic rings. The van der Waals surface area contributed by atoms with Gasteiger partial charge in [0.1, 0.15) is 5.82 Å². The van der Waals surface area contributed by atoms with Gasteiger partial charge in [-0.25, -0.2) is 4.98 Å². The highest BCUT2D eigenvalue weighted by molar-refractivity contribution is 5.39. The largest absolute Gasteiger partial charge is 0.355 e. The van der Waals surface area contributed by atoms with Gasteiger partial charge in [0.15, 0.2) is 0 Å². The number of aromatic nitrogens is 1. The molecule has 2 heterocycles. The van der Waals surface area contributed by atoms with Gasteiger partial charge in [-0.15, -0.1) is 0 Å². The Morgan fingerprint density at radius 2 is 2.28 bits per heavy atom. The molecule has 3 nitrogen and oxygen atoms in total. The fraction of sp³-hybridized carbons (Fsp3) is 0.667. The Labute approximate surface area is 111 Å². The monoisotopic (exact) mass is 247 g/mol. The number of nitrogens with one attached hydrogen (secondary N) is 1. The van der Waals surface area contributed by atoms with E-state index in [2.05, 4.69) is 54.2 Å². The van der Waals surface area contributed by atoms with Crippen molar-refractivity contribution in [1.29, 1.82) is 0 Å². The maximum atomic E-state index is 4.67. The van der Waals surface area contributed by atoms with Crippen LogP contribution in [0.15, 0.2) is 18.2 Å². The van der Waals surface area contributed by atoms with Crippen molar-refractivity contribution < 1.29 is 0 Å². The van der Waals surface area contributed by atoms with Gasteiger partial charge in [0.25, 0.3) is 0 Å². The first-order valence-electron chi connectivity index (χ1n) is 7.07. The SMILES string of the molecule is Cc1cccc(N(CC(C)C)CC2CCCN2)n1. The fourth-order valence-electron chi connectivity index (χ4n) is 2.59. The van der Waals surface area contributed by atoms with Gasteiger partial charge in [0.05, 0.1) is 0 Å². The van der Waals surface area contributed by atoms with Crippen LogP contribution in [0.1, 0.15) is 32.4 Å². The van der Waals surface area contributed by atoms with Crippen LogP contribution in [-0.2, 0) is 0 Å². The predicted molar refractivity (Wildman–Crippen MR) is 77.0 cm³/mol. The molecule has 0 aliphatic carbocycles. The molecule has 0 amide bonds. The van der Waals surface area contributed by atoms with Crippen LogP contribution in [-0.4, -0.2) is 30.7 Å². The van der Waals surface area contributed by atoms with Crippen LogP contribution in [0.2, 0.25) is 0 Å². The fourth-order valence-corrected chi connectivity index (χ4v) is 2.59. The van der Waals surface area contributed by atoms with Crippen LogP contribution in [0.25, 0.3) is 0 Å². The molecule has 0 aromatic carbocycles. The van der Waals surface area contributed by atoms with E-state index >= 15 is 0 Å². The number of rotatable bonds is 5. The standard InChI is InChI=1S/C15H25N3/c1-12(2)10-18(11-14-7-5-9-16-14)15-8-4-6-13(3)17-15/h4,6,8,12,14,16H,5,7,9-11H2,1-3H3. The number of pyridine rings is 1. The van der Waals surface area contributed by atoms with E-state index in [1.54, 1.807) is 0 Å². The van der Waals surface area contributed by atoms with Crippen molar-refractivity contribution in [3.05, 3.63) is 23.9 Å². The molecule has 0 radical (unpaired) electrons. The zero-order valence-corrected chi connectivity index (χ0v) is 11.8. The first kappa shape index (κ1) is 13.3. The van der Waals surface area contributed by atoms with Crippen molar-refractivity contribution in [2.24, 2.45) is 5.92 Å². The summed E-state index contributed by atoms with van der Waals surface area (Å²) >= 11 is 0. The van der Waals surface area contributed by atoms with Gasteiger partial charge >= 0.3 is 0 Å². The van der Waals surface area contributed by atoms with Gasteiger partial charge in [-0.1, -0.05) is 19.9 Å². The van der Waals surface area contributed by atoms with Crippen LogP contribution < -0.4 is 10.2 Å². The van der Waals surface area contributed by atoms with Crippen molar-refractivity contribution in [2.45, 2.75) is 39.7 Å². The zero-order valence-electron chi connectivity index (χ0n) is 11.8.